The van der Waals surface area contributed by atoms with Gasteiger partial charge in [-0.2, -0.15) is 0 Å². The largest absolute Gasteiger partial charge is 0.358 e. The second-order valence-electron chi connectivity index (χ2n) is 12.2. The zero-order valence-corrected chi connectivity index (χ0v) is 25.8. The van der Waals surface area contributed by atoms with Gasteiger partial charge in [0.1, 0.15) is 11.5 Å². The van der Waals surface area contributed by atoms with Crippen LogP contribution in [0.5, 0.6) is 0 Å². The summed E-state index contributed by atoms with van der Waals surface area (Å²) in [5.41, 5.74) is 3.60. The first-order chi connectivity index (χ1) is 21.2. The Hall–Kier alpha value is -4.19. The average molecular weight is 622 g/mol. The fourth-order valence-corrected chi connectivity index (χ4v) is 7.97. The van der Waals surface area contributed by atoms with Crippen LogP contribution in [0.15, 0.2) is 97.2 Å². The minimum Gasteiger partial charge on any atom is -0.358 e. The highest BCUT2D eigenvalue weighted by atomic mass is 35.5. The lowest BCUT2D eigenvalue weighted by atomic mass is 9.62. The number of carbonyl (C=O) groups is 3. The number of nitrogens with one attached hydrogen (secondary N) is 1. The minimum absolute atomic E-state index is 0.196. The molecule has 3 aliphatic rings. The maximum absolute atomic E-state index is 15.0. The van der Waals surface area contributed by atoms with Gasteiger partial charge in [-0.25, -0.2) is 0 Å². The van der Waals surface area contributed by atoms with Crippen LogP contribution >= 0.6 is 23.2 Å². The van der Waals surface area contributed by atoms with Gasteiger partial charge < -0.3 is 10.2 Å². The molecular formula is C37H30Cl2N2O3. The first kappa shape index (κ1) is 28.6. The number of nitrogens with zero attached hydrogens (tertiary/aromatic N) is 1. The molecule has 5 nitrogen and oxygen atoms in total. The number of hydrogen-bond acceptors (Lipinski definition) is 4. The zero-order chi connectivity index (χ0) is 30.7. The van der Waals surface area contributed by atoms with Crippen molar-refractivity contribution in [1.82, 2.24) is 4.90 Å². The first-order valence-corrected chi connectivity index (χ1v) is 15.6. The summed E-state index contributed by atoms with van der Waals surface area (Å²) in [6.07, 6.45) is 4.68. The van der Waals surface area contributed by atoms with Crippen molar-refractivity contribution in [2.24, 2.45) is 11.8 Å². The molecule has 4 atom stereocenters. The van der Waals surface area contributed by atoms with Crippen LogP contribution in [0.2, 0.25) is 10.0 Å². The molecule has 1 amide bonds. The Balaban J connectivity index is 1.49. The summed E-state index contributed by atoms with van der Waals surface area (Å²) in [6, 6.07) is 26.0. The molecule has 7 rings (SSSR count). The number of benzene rings is 4. The van der Waals surface area contributed by atoms with Crippen molar-refractivity contribution in [2.45, 2.75) is 37.8 Å². The summed E-state index contributed by atoms with van der Waals surface area (Å²) in [6.45, 7) is 4.30. The van der Waals surface area contributed by atoms with E-state index in [-0.39, 0.29) is 28.1 Å². The number of rotatable bonds is 6. The predicted octanol–water partition coefficient (Wildman–Crippen LogP) is 8.17. The Morgan fingerprint density at radius 3 is 2.39 bits per heavy atom. The van der Waals surface area contributed by atoms with E-state index in [1.807, 2.05) is 90.0 Å². The van der Waals surface area contributed by atoms with Crippen LogP contribution in [0.4, 0.5) is 5.69 Å². The molecule has 44 heavy (non-hydrogen) atoms. The topological polar surface area (TPSA) is 66.5 Å². The van der Waals surface area contributed by atoms with Gasteiger partial charge in [0.25, 0.3) is 0 Å². The van der Waals surface area contributed by atoms with E-state index >= 15 is 4.79 Å². The lowest BCUT2D eigenvalue weighted by Crippen LogP contribution is -2.49. The van der Waals surface area contributed by atoms with Gasteiger partial charge in [-0.1, -0.05) is 104 Å². The lowest BCUT2D eigenvalue weighted by molar-refractivity contribution is -0.122. The Morgan fingerprint density at radius 2 is 1.64 bits per heavy atom. The number of ketones is 2. The normalized spacial score (nSPS) is 23.0. The van der Waals surface area contributed by atoms with Crippen molar-refractivity contribution in [3.05, 3.63) is 141 Å². The number of fused-ring (bicyclic) bond motifs is 6. The van der Waals surface area contributed by atoms with Gasteiger partial charge >= 0.3 is 0 Å². The molecule has 220 valence electrons. The van der Waals surface area contributed by atoms with Crippen molar-refractivity contribution in [3.63, 3.8) is 0 Å². The number of anilines is 1. The third-order valence-electron chi connectivity index (χ3n) is 9.20. The summed E-state index contributed by atoms with van der Waals surface area (Å²) in [5, 5.41) is 3.68. The number of Topliss-reactive ketones (excluding diaryl/α,β-unsaturated/α-hetero) is 2. The molecule has 4 unspecified atom stereocenters. The van der Waals surface area contributed by atoms with E-state index in [4.69, 9.17) is 23.2 Å². The molecule has 3 aliphatic heterocycles. The molecule has 1 saturated heterocycles. The van der Waals surface area contributed by atoms with Gasteiger partial charge in [0.05, 0.1) is 17.0 Å². The van der Waals surface area contributed by atoms with E-state index in [2.05, 4.69) is 19.2 Å². The molecule has 4 aromatic rings. The van der Waals surface area contributed by atoms with Crippen molar-refractivity contribution in [2.75, 3.05) is 5.32 Å². The highest BCUT2D eigenvalue weighted by Crippen LogP contribution is 2.62. The van der Waals surface area contributed by atoms with Crippen LogP contribution in [0, 0.1) is 11.8 Å². The molecule has 0 bridgehead atoms. The Bertz CT molecular complexity index is 1870. The molecule has 7 heteroatoms. The van der Waals surface area contributed by atoms with Crippen LogP contribution in [0.3, 0.4) is 0 Å². The first-order valence-electron chi connectivity index (χ1n) is 14.8. The summed E-state index contributed by atoms with van der Waals surface area (Å²) in [7, 11) is 0. The van der Waals surface area contributed by atoms with E-state index < -0.39 is 23.4 Å². The molecule has 0 aromatic heterocycles. The molecule has 1 spiro atoms. The maximum Gasteiger partial charge on any atom is 0.238 e. The second-order valence-corrected chi connectivity index (χ2v) is 13.1. The van der Waals surface area contributed by atoms with Crippen LogP contribution < -0.4 is 5.32 Å². The fraction of sp³-hybridized carbons (Fsp3) is 0.216. The molecular weight excluding hydrogens is 591 g/mol. The summed E-state index contributed by atoms with van der Waals surface area (Å²) in [5.74, 6) is -1.52. The Labute approximate surface area is 266 Å². The molecule has 4 aromatic carbocycles. The predicted molar refractivity (Wildman–Crippen MR) is 174 cm³/mol. The van der Waals surface area contributed by atoms with Gasteiger partial charge in [-0.05, 0) is 64.9 Å². The summed E-state index contributed by atoms with van der Waals surface area (Å²) >= 11 is 12.8. The highest BCUT2D eigenvalue weighted by molar-refractivity contribution is 6.37. The zero-order valence-electron chi connectivity index (χ0n) is 24.3. The smallest absolute Gasteiger partial charge is 0.238 e. The van der Waals surface area contributed by atoms with Gasteiger partial charge in [0.2, 0.25) is 5.91 Å². The average Bonchev–Trinajstić information content (AvgIpc) is 3.49. The van der Waals surface area contributed by atoms with Crippen LogP contribution in [-0.2, 0) is 16.6 Å². The molecule has 0 aliphatic carbocycles. The highest BCUT2D eigenvalue weighted by Gasteiger charge is 2.70. The standard InChI is InChI=1S/C37H30Cl2N2O3/c1-21(2)19-22-11-13-24(14-12-22)33(42)31-32(34(43)27-16-15-25(38)20-29(27)39)41-18-17-23-7-3-4-8-26(23)35(41)37(31)28-9-5-6-10-30(28)40-36(37)44/h3-18,20-21,31-32,35H,19H2,1-2H3,(H,40,44). The van der Waals surface area contributed by atoms with Gasteiger partial charge in [0, 0.05) is 28.0 Å². The van der Waals surface area contributed by atoms with Crippen LogP contribution in [-0.4, -0.2) is 28.4 Å². The third-order valence-corrected chi connectivity index (χ3v) is 9.75. The number of para-hydroxylation sites is 1. The van der Waals surface area contributed by atoms with Gasteiger partial charge in [-0.15, -0.1) is 0 Å². The second kappa shape index (κ2) is 10.8. The minimum atomic E-state index is -1.40. The molecule has 1 fully saturated rings. The summed E-state index contributed by atoms with van der Waals surface area (Å²) in [4.78, 5) is 46.2. The van der Waals surface area contributed by atoms with E-state index in [0.29, 0.717) is 27.8 Å². The number of hydrogen-bond donors (Lipinski definition) is 1. The molecule has 3 heterocycles. The van der Waals surface area contributed by atoms with Crippen LogP contribution in [0.1, 0.15) is 62.9 Å². The maximum atomic E-state index is 15.0. The van der Waals surface area contributed by atoms with Crippen molar-refractivity contribution < 1.29 is 14.4 Å². The van der Waals surface area contributed by atoms with E-state index in [1.54, 1.807) is 12.1 Å². The SMILES string of the molecule is CC(C)Cc1ccc(C(=O)C2C(C(=O)c3ccc(Cl)cc3Cl)N3C=Cc4ccccc4C3C23C(=O)Nc2ccccc23)cc1. The van der Waals surface area contributed by atoms with E-state index in [9.17, 15) is 9.59 Å². The van der Waals surface area contributed by atoms with Crippen molar-refractivity contribution in [3.8, 4) is 0 Å². The van der Waals surface area contributed by atoms with Crippen molar-refractivity contribution >= 4 is 52.4 Å². The Kier molecular flexibility index (Phi) is 6.99. The van der Waals surface area contributed by atoms with E-state index in [0.717, 1.165) is 23.1 Å². The summed E-state index contributed by atoms with van der Waals surface area (Å²) < 4.78 is 0. The molecule has 0 radical (unpaired) electrons. The quantitative estimate of drug-likeness (QED) is 0.221. The lowest BCUT2D eigenvalue weighted by Gasteiger charge is -2.38. The number of halogens is 2. The van der Waals surface area contributed by atoms with Gasteiger partial charge in [0.15, 0.2) is 11.6 Å². The monoisotopic (exact) mass is 620 g/mol. The molecule has 0 saturated carbocycles. The molecule has 1 N–H and O–H groups in total. The van der Waals surface area contributed by atoms with E-state index in [1.165, 1.54) is 6.07 Å². The number of carbonyl (C=O) groups excluding carboxylic acids is 3. The number of amides is 1. The van der Waals surface area contributed by atoms with Crippen molar-refractivity contribution in [1.29, 1.82) is 0 Å². The fourth-order valence-electron chi connectivity index (χ4n) is 7.47. The Morgan fingerprint density at radius 1 is 0.909 bits per heavy atom. The van der Waals surface area contributed by atoms with Gasteiger partial charge in [-0.3, -0.25) is 14.4 Å². The third kappa shape index (κ3) is 4.25. The van der Waals surface area contributed by atoms with Crippen LogP contribution in [0.25, 0.3) is 6.08 Å².